The zero-order chi connectivity index (χ0) is 17.4. The summed E-state index contributed by atoms with van der Waals surface area (Å²) in [6.45, 7) is 5.14. The van der Waals surface area contributed by atoms with Gasteiger partial charge in [-0.1, -0.05) is 5.16 Å². The Morgan fingerprint density at radius 1 is 1.33 bits per heavy atom. The van der Waals surface area contributed by atoms with Crippen LogP contribution in [0, 0.1) is 18.6 Å². The molecule has 130 valence electrons. The second-order valence-electron chi connectivity index (χ2n) is 4.77. The van der Waals surface area contributed by atoms with Gasteiger partial charge in [-0.25, -0.2) is 13.8 Å². The van der Waals surface area contributed by atoms with Crippen molar-refractivity contribution in [2.24, 2.45) is 4.99 Å². The van der Waals surface area contributed by atoms with Crippen LogP contribution in [-0.4, -0.2) is 35.8 Å². The molecule has 0 unspecified atom stereocenters. The highest BCUT2D eigenvalue weighted by Crippen LogP contribution is 2.17. The van der Waals surface area contributed by atoms with Gasteiger partial charge in [0.15, 0.2) is 23.4 Å². The van der Waals surface area contributed by atoms with E-state index < -0.39 is 11.6 Å². The van der Waals surface area contributed by atoms with Gasteiger partial charge in [0.25, 0.3) is 0 Å². The van der Waals surface area contributed by atoms with E-state index >= 15 is 0 Å². The quantitative estimate of drug-likeness (QED) is 0.454. The Morgan fingerprint density at radius 2 is 2.17 bits per heavy atom. The van der Waals surface area contributed by atoms with Crippen LogP contribution < -0.4 is 15.4 Å². The van der Waals surface area contributed by atoms with E-state index in [4.69, 9.17) is 9.26 Å². The number of guanidine groups is 1. The fraction of sp³-hybridized carbons (Fsp3) is 0.400. The minimum absolute atomic E-state index is 0.00223. The van der Waals surface area contributed by atoms with Gasteiger partial charge in [-0.15, -0.1) is 0 Å². The predicted molar refractivity (Wildman–Crippen MR) is 83.7 cm³/mol. The standard InChI is InChI=1S/C15H19F2N5O2/c1-3-18-15(20-9-14-21-10(2)24-22-14)19-6-7-23-13-5-4-11(16)8-12(13)17/h4-5,8H,3,6-7,9H2,1-2H3,(H2,18,19,20). The number of nitrogens with one attached hydrogen (secondary N) is 2. The van der Waals surface area contributed by atoms with Crippen molar-refractivity contribution in [3.63, 3.8) is 0 Å². The summed E-state index contributed by atoms with van der Waals surface area (Å²) >= 11 is 0. The second-order valence-corrected chi connectivity index (χ2v) is 4.77. The van der Waals surface area contributed by atoms with E-state index in [1.165, 1.54) is 6.07 Å². The lowest BCUT2D eigenvalue weighted by Crippen LogP contribution is -2.39. The molecule has 0 atom stereocenters. The van der Waals surface area contributed by atoms with Crippen molar-refractivity contribution in [1.82, 2.24) is 20.8 Å². The summed E-state index contributed by atoms with van der Waals surface area (Å²) in [5.74, 6) is 0.132. The first-order valence-electron chi connectivity index (χ1n) is 7.47. The third kappa shape index (κ3) is 5.49. The molecule has 1 aromatic carbocycles. The number of ether oxygens (including phenoxy) is 1. The first-order chi connectivity index (χ1) is 11.6. The Kier molecular flexibility index (Phi) is 6.47. The summed E-state index contributed by atoms with van der Waals surface area (Å²) in [7, 11) is 0. The zero-order valence-corrected chi connectivity index (χ0v) is 13.5. The summed E-state index contributed by atoms with van der Waals surface area (Å²) in [6, 6.07) is 3.17. The molecule has 0 fully saturated rings. The molecule has 2 N–H and O–H groups in total. The normalized spacial score (nSPS) is 11.4. The van der Waals surface area contributed by atoms with Gasteiger partial charge < -0.3 is 19.9 Å². The van der Waals surface area contributed by atoms with Crippen LogP contribution in [-0.2, 0) is 6.54 Å². The molecule has 9 heteroatoms. The lowest BCUT2D eigenvalue weighted by Gasteiger charge is -2.12. The summed E-state index contributed by atoms with van der Waals surface area (Å²) in [6.07, 6.45) is 0. The Balaban J connectivity index is 1.80. The number of aliphatic imine (C=N–C) groups is 1. The molecule has 0 spiro atoms. The molecule has 7 nitrogen and oxygen atoms in total. The number of aryl methyl sites for hydroxylation is 1. The number of benzene rings is 1. The topological polar surface area (TPSA) is 84.6 Å². The predicted octanol–water partition coefficient (Wildman–Crippen LogP) is 1.79. The minimum atomic E-state index is -0.733. The lowest BCUT2D eigenvalue weighted by atomic mass is 10.3. The Labute approximate surface area is 138 Å². The molecule has 0 aliphatic heterocycles. The van der Waals surface area contributed by atoms with Crippen LogP contribution in [0.4, 0.5) is 8.78 Å². The van der Waals surface area contributed by atoms with Crippen molar-refractivity contribution in [2.45, 2.75) is 20.4 Å². The molecule has 1 heterocycles. The van der Waals surface area contributed by atoms with Crippen molar-refractivity contribution in [3.8, 4) is 5.75 Å². The highest BCUT2D eigenvalue weighted by molar-refractivity contribution is 5.79. The van der Waals surface area contributed by atoms with E-state index in [1.54, 1.807) is 6.92 Å². The number of hydrogen-bond donors (Lipinski definition) is 2. The molecule has 0 radical (unpaired) electrons. The minimum Gasteiger partial charge on any atom is -0.489 e. The fourth-order valence-electron chi connectivity index (χ4n) is 1.82. The summed E-state index contributed by atoms with van der Waals surface area (Å²) in [5, 5.41) is 9.84. The fourth-order valence-corrected chi connectivity index (χ4v) is 1.82. The second kappa shape index (κ2) is 8.80. The number of aromatic nitrogens is 2. The van der Waals surface area contributed by atoms with Crippen molar-refractivity contribution in [2.75, 3.05) is 19.7 Å². The van der Waals surface area contributed by atoms with Gasteiger partial charge in [0.2, 0.25) is 5.89 Å². The molecule has 0 aliphatic carbocycles. The van der Waals surface area contributed by atoms with Gasteiger partial charge >= 0.3 is 0 Å². The first-order valence-corrected chi connectivity index (χ1v) is 7.47. The van der Waals surface area contributed by atoms with E-state index in [2.05, 4.69) is 25.8 Å². The van der Waals surface area contributed by atoms with E-state index in [0.29, 0.717) is 30.8 Å². The van der Waals surface area contributed by atoms with E-state index in [0.717, 1.165) is 12.1 Å². The van der Waals surface area contributed by atoms with Crippen LogP contribution in [0.15, 0.2) is 27.7 Å². The summed E-state index contributed by atoms with van der Waals surface area (Å²) < 4.78 is 36.4. The molecule has 0 saturated heterocycles. The number of nitrogens with zero attached hydrogens (tertiary/aromatic N) is 3. The van der Waals surface area contributed by atoms with Gasteiger partial charge in [0, 0.05) is 19.5 Å². The Morgan fingerprint density at radius 3 is 2.83 bits per heavy atom. The molecular weight excluding hydrogens is 320 g/mol. The SMILES string of the molecule is CCNC(=NCc1noc(C)n1)NCCOc1ccc(F)cc1F. The van der Waals surface area contributed by atoms with Crippen molar-refractivity contribution in [3.05, 3.63) is 41.5 Å². The molecule has 24 heavy (non-hydrogen) atoms. The van der Waals surface area contributed by atoms with Crippen LogP contribution in [0.5, 0.6) is 5.75 Å². The van der Waals surface area contributed by atoms with Crippen LogP contribution in [0.3, 0.4) is 0 Å². The Hall–Kier alpha value is -2.71. The molecule has 0 saturated carbocycles. The van der Waals surface area contributed by atoms with Gasteiger partial charge in [-0.2, -0.15) is 4.98 Å². The Bertz CT molecular complexity index is 690. The third-order valence-electron chi connectivity index (χ3n) is 2.84. The van der Waals surface area contributed by atoms with Gasteiger partial charge in [-0.05, 0) is 19.1 Å². The van der Waals surface area contributed by atoms with Gasteiger partial charge in [0.1, 0.15) is 19.0 Å². The van der Waals surface area contributed by atoms with Gasteiger partial charge in [0.05, 0.1) is 6.54 Å². The van der Waals surface area contributed by atoms with Gasteiger partial charge in [-0.3, -0.25) is 0 Å². The van der Waals surface area contributed by atoms with Crippen LogP contribution in [0.25, 0.3) is 0 Å². The van der Waals surface area contributed by atoms with E-state index in [1.807, 2.05) is 6.92 Å². The average Bonchev–Trinajstić information content (AvgIpc) is 2.96. The molecule has 0 bridgehead atoms. The molecule has 0 amide bonds. The maximum atomic E-state index is 13.4. The summed E-state index contributed by atoms with van der Waals surface area (Å²) in [5.41, 5.74) is 0. The molecule has 2 rings (SSSR count). The molecule has 2 aromatic rings. The van der Waals surface area contributed by atoms with Crippen molar-refractivity contribution >= 4 is 5.96 Å². The third-order valence-corrected chi connectivity index (χ3v) is 2.84. The van der Waals surface area contributed by atoms with E-state index in [-0.39, 0.29) is 18.9 Å². The molecular formula is C15H19F2N5O2. The monoisotopic (exact) mass is 339 g/mol. The molecule has 1 aromatic heterocycles. The van der Waals surface area contributed by atoms with Crippen molar-refractivity contribution < 1.29 is 18.0 Å². The maximum absolute atomic E-state index is 13.4. The highest BCUT2D eigenvalue weighted by atomic mass is 19.1. The van der Waals surface area contributed by atoms with E-state index in [9.17, 15) is 8.78 Å². The highest BCUT2D eigenvalue weighted by Gasteiger charge is 2.05. The van der Waals surface area contributed by atoms with Crippen LogP contribution >= 0.6 is 0 Å². The smallest absolute Gasteiger partial charge is 0.223 e. The number of rotatable bonds is 7. The lowest BCUT2D eigenvalue weighted by molar-refractivity contribution is 0.304. The zero-order valence-electron chi connectivity index (χ0n) is 13.5. The number of halogens is 2. The first kappa shape index (κ1) is 17.6. The average molecular weight is 339 g/mol. The number of hydrogen-bond acceptors (Lipinski definition) is 5. The van der Waals surface area contributed by atoms with Crippen molar-refractivity contribution in [1.29, 1.82) is 0 Å². The maximum Gasteiger partial charge on any atom is 0.223 e. The molecule has 0 aliphatic rings. The van der Waals surface area contributed by atoms with Crippen LogP contribution in [0.1, 0.15) is 18.6 Å². The summed E-state index contributed by atoms with van der Waals surface area (Å²) in [4.78, 5) is 8.36. The largest absolute Gasteiger partial charge is 0.489 e. The van der Waals surface area contributed by atoms with Crippen LogP contribution in [0.2, 0.25) is 0 Å².